The lowest BCUT2D eigenvalue weighted by atomic mass is 10.2. The van der Waals surface area contributed by atoms with Gasteiger partial charge in [-0.2, -0.15) is 4.98 Å². The van der Waals surface area contributed by atoms with Crippen LogP contribution >= 0.6 is 0 Å². The van der Waals surface area contributed by atoms with Gasteiger partial charge in [0.05, 0.1) is 0 Å². The van der Waals surface area contributed by atoms with E-state index in [2.05, 4.69) is 52.0 Å². The summed E-state index contributed by atoms with van der Waals surface area (Å²) >= 11 is 0. The highest BCUT2D eigenvalue weighted by Gasteiger charge is 2.23. The summed E-state index contributed by atoms with van der Waals surface area (Å²) in [5, 5.41) is 0. The van der Waals surface area contributed by atoms with Gasteiger partial charge in [-0.05, 0) is 31.5 Å². The second-order valence-electron chi connectivity index (χ2n) is 7.97. The van der Waals surface area contributed by atoms with Gasteiger partial charge in [0.1, 0.15) is 5.82 Å². The van der Waals surface area contributed by atoms with Crippen molar-refractivity contribution in [3.8, 4) is 0 Å². The molecule has 0 radical (unpaired) electrons. The minimum atomic E-state index is 0.149. The molecule has 1 amide bonds. The van der Waals surface area contributed by atoms with Crippen LogP contribution < -0.4 is 14.7 Å². The van der Waals surface area contributed by atoms with Crippen LogP contribution in [0.3, 0.4) is 0 Å². The summed E-state index contributed by atoms with van der Waals surface area (Å²) in [5.74, 6) is 1.94. The molecule has 2 aliphatic heterocycles. The molecule has 2 aliphatic rings. The van der Waals surface area contributed by atoms with Crippen LogP contribution in [-0.2, 0) is 4.79 Å². The highest BCUT2D eigenvalue weighted by atomic mass is 16.2. The van der Waals surface area contributed by atoms with E-state index in [9.17, 15) is 4.79 Å². The molecule has 0 bridgehead atoms. The van der Waals surface area contributed by atoms with Crippen LogP contribution in [0, 0.1) is 13.8 Å². The summed E-state index contributed by atoms with van der Waals surface area (Å²) in [6.07, 6.45) is 0. The molecule has 154 valence electrons. The Balaban J connectivity index is 1.43. The number of rotatable bonds is 3. The Kier molecular flexibility index (Phi) is 5.56. The second kappa shape index (κ2) is 8.27. The number of benzene rings is 1. The summed E-state index contributed by atoms with van der Waals surface area (Å²) in [7, 11) is 0. The maximum Gasteiger partial charge on any atom is 0.227 e. The van der Waals surface area contributed by atoms with E-state index in [0.29, 0.717) is 0 Å². The van der Waals surface area contributed by atoms with Crippen molar-refractivity contribution in [2.24, 2.45) is 0 Å². The Morgan fingerprint density at radius 1 is 0.828 bits per heavy atom. The normalized spacial score (nSPS) is 17.6. The van der Waals surface area contributed by atoms with E-state index in [4.69, 9.17) is 9.97 Å². The molecule has 0 N–H and O–H groups in total. The van der Waals surface area contributed by atoms with Crippen LogP contribution in [0.25, 0.3) is 0 Å². The van der Waals surface area contributed by atoms with Crippen molar-refractivity contribution in [1.82, 2.24) is 14.9 Å². The minimum absolute atomic E-state index is 0.149. The van der Waals surface area contributed by atoms with Gasteiger partial charge in [-0.1, -0.05) is 12.1 Å². The summed E-state index contributed by atoms with van der Waals surface area (Å²) in [4.78, 5) is 30.1. The van der Waals surface area contributed by atoms with Crippen molar-refractivity contribution < 1.29 is 4.79 Å². The first-order chi connectivity index (χ1) is 14.0. The zero-order chi connectivity index (χ0) is 20.4. The first kappa shape index (κ1) is 19.5. The SMILES string of the molecule is CC(=O)N1CCN(c2cc(C)nc(N3CCN(c4cccc(C)c4)CC3)n2)CC1. The van der Waals surface area contributed by atoms with Gasteiger partial charge >= 0.3 is 0 Å². The third-order valence-corrected chi connectivity index (χ3v) is 5.81. The highest BCUT2D eigenvalue weighted by Crippen LogP contribution is 2.22. The fourth-order valence-electron chi connectivity index (χ4n) is 4.08. The zero-order valence-electron chi connectivity index (χ0n) is 17.6. The van der Waals surface area contributed by atoms with Crippen LogP contribution in [0.1, 0.15) is 18.2 Å². The molecule has 7 nitrogen and oxygen atoms in total. The molecular weight excluding hydrogens is 364 g/mol. The molecule has 0 atom stereocenters. The molecule has 2 saturated heterocycles. The summed E-state index contributed by atoms with van der Waals surface area (Å²) in [6.45, 7) is 12.7. The number of carbonyl (C=O) groups excluding carboxylic acids is 1. The lowest BCUT2D eigenvalue weighted by molar-refractivity contribution is -0.129. The van der Waals surface area contributed by atoms with E-state index in [0.717, 1.165) is 69.8 Å². The standard InChI is InChI=1S/C22H30N6O/c1-17-5-4-6-20(15-17)26-9-13-28(14-10-26)22-23-18(2)16-21(24-22)27-11-7-25(8-12-27)19(3)29/h4-6,15-16H,7-14H2,1-3H3. The topological polar surface area (TPSA) is 55.8 Å². The van der Waals surface area contributed by atoms with E-state index in [1.165, 1.54) is 11.3 Å². The van der Waals surface area contributed by atoms with Gasteiger partial charge in [0, 0.05) is 76.7 Å². The first-order valence-corrected chi connectivity index (χ1v) is 10.4. The Labute approximate surface area is 172 Å². The van der Waals surface area contributed by atoms with Gasteiger partial charge in [0.15, 0.2) is 0 Å². The van der Waals surface area contributed by atoms with Crippen LogP contribution in [0.4, 0.5) is 17.5 Å². The van der Waals surface area contributed by atoms with E-state index in [-0.39, 0.29) is 5.91 Å². The smallest absolute Gasteiger partial charge is 0.227 e. The third-order valence-electron chi connectivity index (χ3n) is 5.81. The Morgan fingerprint density at radius 2 is 1.48 bits per heavy atom. The van der Waals surface area contributed by atoms with Crippen LogP contribution in [0.5, 0.6) is 0 Å². The van der Waals surface area contributed by atoms with Gasteiger partial charge in [-0.3, -0.25) is 4.79 Å². The van der Waals surface area contributed by atoms with Crippen molar-refractivity contribution in [2.45, 2.75) is 20.8 Å². The van der Waals surface area contributed by atoms with Crippen molar-refractivity contribution in [3.05, 3.63) is 41.6 Å². The molecule has 1 aromatic carbocycles. The lowest BCUT2D eigenvalue weighted by Crippen LogP contribution is -2.49. The molecule has 4 rings (SSSR count). The molecule has 0 aliphatic carbocycles. The number of anilines is 3. The Morgan fingerprint density at radius 3 is 2.14 bits per heavy atom. The minimum Gasteiger partial charge on any atom is -0.368 e. The molecule has 1 aromatic heterocycles. The molecule has 3 heterocycles. The molecular formula is C22H30N6O. The molecule has 29 heavy (non-hydrogen) atoms. The van der Waals surface area contributed by atoms with Crippen LogP contribution in [0.2, 0.25) is 0 Å². The van der Waals surface area contributed by atoms with Crippen molar-refractivity contribution in [3.63, 3.8) is 0 Å². The van der Waals surface area contributed by atoms with Crippen LogP contribution in [-0.4, -0.2) is 73.1 Å². The number of carbonyl (C=O) groups is 1. The molecule has 2 fully saturated rings. The maximum absolute atomic E-state index is 11.6. The maximum atomic E-state index is 11.6. The number of piperazine rings is 2. The largest absolute Gasteiger partial charge is 0.368 e. The van der Waals surface area contributed by atoms with Gasteiger partial charge in [0.25, 0.3) is 0 Å². The summed E-state index contributed by atoms with van der Waals surface area (Å²) < 4.78 is 0. The fraction of sp³-hybridized carbons (Fsp3) is 0.500. The number of hydrogen-bond donors (Lipinski definition) is 0. The monoisotopic (exact) mass is 394 g/mol. The molecule has 0 saturated carbocycles. The number of amides is 1. The third kappa shape index (κ3) is 4.44. The number of aryl methyl sites for hydroxylation is 2. The predicted molar refractivity (Wildman–Crippen MR) is 117 cm³/mol. The quantitative estimate of drug-likeness (QED) is 0.795. The van der Waals surface area contributed by atoms with Crippen molar-refractivity contribution in [2.75, 3.05) is 67.1 Å². The average Bonchev–Trinajstić information content (AvgIpc) is 2.73. The van der Waals surface area contributed by atoms with Crippen molar-refractivity contribution in [1.29, 1.82) is 0 Å². The van der Waals surface area contributed by atoms with Gasteiger partial charge in [-0.25, -0.2) is 4.98 Å². The molecule has 2 aromatic rings. The zero-order valence-corrected chi connectivity index (χ0v) is 17.6. The van der Waals surface area contributed by atoms with E-state index in [1.807, 2.05) is 11.8 Å². The average molecular weight is 395 g/mol. The van der Waals surface area contributed by atoms with Gasteiger partial charge in [0.2, 0.25) is 11.9 Å². The highest BCUT2D eigenvalue weighted by molar-refractivity contribution is 5.73. The second-order valence-corrected chi connectivity index (χ2v) is 7.97. The molecule has 0 spiro atoms. The summed E-state index contributed by atoms with van der Waals surface area (Å²) in [6, 6.07) is 10.7. The van der Waals surface area contributed by atoms with E-state index >= 15 is 0 Å². The number of aromatic nitrogens is 2. The number of nitrogens with zero attached hydrogens (tertiary/aromatic N) is 6. The molecule has 7 heteroatoms. The van der Waals surface area contributed by atoms with Gasteiger partial charge < -0.3 is 19.6 Å². The fourth-order valence-corrected chi connectivity index (χ4v) is 4.08. The first-order valence-electron chi connectivity index (χ1n) is 10.4. The van der Waals surface area contributed by atoms with Gasteiger partial charge in [-0.15, -0.1) is 0 Å². The Bertz CT molecular complexity index is 869. The summed E-state index contributed by atoms with van der Waals surface area (Å²) in [5.41, 5.74) is 3.57. The van der Waals surface area contributed by atoms with Crippen LogP contribution in [0.15, 0.2) is 30.3 Å². The molecule has 0 unspecified atom stereocenters. The predicted octanol–water partition coefficient (Wildman–Crippen LogP) is 2.09. The van der Waals surface area contributed by atoms with Crippen molar-refractivity contribution >= 4 is 23.4 Å². The lowest BCUT2D eigenvalue weighted by Gasteiger charge is -2.37. The number of hydrogen-bond acceptors (Lipinski definition) is 6. The Hall–Kier alpha value is -2.83. The van der Waals surface area contributed by atoms with E-state index in [1.54, 1.807) is 6.92 Å². The van der Waals surface area contributed by atoms with E-state index < -0.39 is 0 Å².